The highest BCUT2D eigenvalue weighted by Crippen LogP contribution is 2.16. The van der Waals surface area contributed by atoms with Gasteiger partial charge in [-0.05, 0) is 24.3 Å². The second-order valence-electron chi connectivity index (χ2n) is 3.50. The Bertz CT molecular complexity index is 561. The second kappa shape index (κ2) is 4.63. The Morgan fingerprint density at radius 2 is 1.59 bits per heavy atom. The fourth-order valence-corrected chi connectivity index (χ4v) is 1.67. The number of carbonyl (C=O) groups excluding carboxylic acids is 1. The standard InChI is InChI=1S/C13H7ClF2O/c14-10-3-1-2-8(4-10)13(17)9-5-11(15)7-12(16)6-9/h1-7H. The van der Waals surface area contributed by atoms with Crippen LogP contribution in [0.1, 0.15) is 15.9 Å². The van der Waals surface area contributed by atoms with Crippen LogP contribution in [0.15, 0.2) is 42.5 Å². The van der Waals surface area contributed by atoms with Gasteiger partial charge in [0.1, 0.15) is 11.6 Å². The summed E-state index contributed by atoms with van der Waals surface area (Å²) in [6.45, 7) is 0. The molecule has 0 saturated carbocycles. The largest absolute Gasteiger partial charge is 0.289 e. The highest BCUT2D eigenvalue weighted by molar-refractivity contribution is 6.31. The first-order valence-corrected chi connectivity index (χ1v) is 5.20. The lowest BCUT2D eigenvalue weighted by molar-refractivity contribution is 0.103. The predicted molar refractivity (Wildman–Crippen MR) is 61.2 cm³/mol. The number of hydrogen-bond donors (Lipinski definition) is 0. The first kappa shape index (κ1) is 11.7. The summed E-state index contributed by atoms with van der Waals surface area (Å²) in [7, 11) is 0. The Hall–Kier alpha value is -1.74. The number of halogens is 3. The normalized spacial score (nSPS) is 10.3. The third kappa shape index (κ3) is 2.68. The molecule has 0 saturated heterocycles. The Labute approximate surface area is 102 Å². The smallest absolute Gasteiger partial charge is 0.193 e. The van der Waals surface area contributed by atoms with Gasteiger partial charge in [-0.2, -0.15) is 0 Å². The van der Waals surface area contributed by atoms with Crippen molar-refractivity contribution in [2.75, 3.05) is 0 Å². The molecule has 4 heteroatoms. The van der Waals surface area contributed by atoms with Gasteiger partial charge in [0.05, 0.1) is 0 Å². The molecule has 0 fully saturated rings. The van der Waals surface area contributed by atoms with Gasteiger partial charge in [-0.15, -0.1) is 0 Å². The lowest BCUT2D eigenvalue weighted by Gasteiger charge is -2.02. The maximum atomic E-state index is 13.0. The van der Waals surface area contributed by atoms with Crippen molar-refractivity contribution in [3.8, 4) is 0 Å². The van der Waals surface area contributed by atoms with E-state index in [2.05, 4.69) is 0 Å². The molecule has 0 unspecified atom stereocenters. The van der Waals surface area contributed by atoms with Crippen LogP contribution in [0.25, 0.3) is 0 Å². The molecular weight excluding hydrogens is 246 g/mol. The van der Waals surface area contributed by atoms with Crippen molar-refractivity contribution in [2.45, 2.75) is 0 Å². The number of hydrogen-bond acceptors (Lipinski definition) is 1. The van der Waals surface area contributed by atoms with Crippen LogP contribution >= 0.6 is 11.6 Å². The van der Waals surface area contributed by atoms with Gasteiger partial charge in [-0.25, -0.2) is 8.78 Å². The summed E-state index contributed by atoms with van der Waals surface area (Å²) >= 11 is 5.74. The van der Waals surface area contributed by atoms with Crippen LogP contribution in [0.3, 0.4) is 0 Å². The fourth-order valence-electron chi connectivity index (χ4n) is 1.48. The summed E-state index contributed by atoms with van der Waals surface area (Å²) in [6, 6.07) is 8.91. The topological polar surface area (TPSA) is 17.1 Å². The van der Waals surface area contributed by atoms with Crippen molar-refractivity contribution in [2.24, 2.45) is 0 Å². The van der Waals surface area contributed by atoms with Gasteiger partial charge in [0.25, 0.3) is 0 Å². The van der Waals surface area contributed by atoms with Gasteiger partial charge in [-0.1, -0.05) is 23.7 Å². The van der Waals surface area contributed by atoms with Gasteiger partial charge < -0.3 is 0 Å². The first-order valence-electron chi connectivity index (χ1n) is 4.82. The van der Waals surface area contributed by atoms with Crippen molar-refractivity contribution in [1.82, 2.24) is 0 Å². The van der Waals surface area contributed by atoms with Crippen LogP contribution < -0.4 is 0 Å². The third-order valence-electron chi connectivity index (χ3n) is 2.21. The zero-order valence-corrected chi connectivity index (χ0v) is 9.34. The zero-order valence-electron chi connectivity index (χ0n) is 8.58. The summed E-state index contributed by atoms with van der Waals surface area (Å²) in [5.41, 5.74) is 0.257. The van der Waals surface area contributed by atoms with Crippen LogP contribution in [0.2, 0.25) is 5.02 Å². The van der Waals surface area contributed by atoms with Gasteiger partial charge in [0.2, 0.25) is 0 Å². The van der Waals surface area contributed by atoms with E-state index in [-0.39, 0.29) is 5.56 Å². The molecule has 0 atom stereocenters. The van der Waals surface area contributed by atoms with Crippen LogP contribution in [0.5, 0.6) is 0 Å². The van der Waals surface area contributed by atoms with Gasteiger partial charge in [-0.3, -0.25) is 4.79 Å². The molecule has 0 heterocycles. The maximum absolute atomic E-state index is 13.0. The Morgan fingerprint density at radius 1 is 0.941 bits per heavy atom. The Balaban J connectivity index is 2.43. The van der Waals surface area contributed by atoms with Gasteiger partial charge in [0, 0.05) is 22.2 Å². The van der Waals surface area contributed by atoms with Crippen molar-refractivity contribution in [3.05, 3.63) is 70.2 Å². The van der Waals surface area contributed by atoms with Crippen LogP contribution in [-0.2, 0) is 0 Å². The highest BCUT2D eigenvalue weighted by Gasteiger charge is 2.11. The highest BCUT2D eigenvalue weighted by atomic mass is 35.5. The summed E-state index contributed by atoms with van der Waals surface area (Å²) in [5, 5.41) is 0.396. The Morgan fingerprint density at radius 3 is 2.18 bits per heavy atom. The summed E-state index contributed by atoms with van der Waals surface area (Å²) in [6.07, 6.45) is 0. The fraction of sp³-hybridized carbons (Fsp3) is 0. The molecule has 1 nitrogen and oxygen atoms in total. The van der Waals surface area contributed by atoms with E-state index < -0.39 is 17.4 Å². The maximum Gasteiger partial charge on any atom is 0.193 e. The SMILES string of the molecule is O=C(c1cc(F)cc(F)c1)c1cccc(Cl)c1. The average Bonchev–Trinajstić information content (AvgIpc) is 2.26. The molecule has 2 aromatic carbocycles. The van der Waals surface area contributed by atoms with E-state index in [0.29, 0.717) is 10.6 Å². The van der Waals surface area contributed by atoms with E-state index in [9.17, 15) is 13.6 Å². The lowest BCUT2D eigenvalue weighted by atomic mass is 10.0. The minimum absolute atomic E-state index is 0.0373. The zero-order chi connectivity index (χ0) is 12.4. The first-order chi connectivity index (χ1) is 8.06. The summed E-state index contributed by atoms with van der Waals surface area (Å²) in [4.78, 5) is 11.9. The van der Waals surface area contributed by atoms with E-state index in [4.69, 9.17) is 11.6 Å². The molecule has 0 radical (unpaired) electrons. The molecule has 0 aromatic heterocycles. The molecule has 0 aliphatic rings. The summed E-state index contributed by atoms with van der Waals surface area (Å²) < 4.78 is 25.9. The van der Waals surface area contributed by atoms with Crippen molar-refractivity contribution in [3.63, 3.8) is 0 Å². The van der Waals surface area contributed by atoms with E-state index in [1.165, 1.54) is 12.1 Å². The van der Waals surface area contributed by atoms with Crippen molar-refractivity contribution in [1.29, 1.82) is 0 Å². The van der Waals surface area contributed by atoms with E-state index in [1.807, 2.05) is 0 Å². The van der Waals surface area contributed by atoms with E-state index >= 15 is 0 Å². The summed E-state index contributed by atoms with van der Waals surface area (Å²) in [5.74, 6) is -2.03. The molecule has 86 valence electrons. The number of carbonyl (C=O) groups is 1. The minimum Gasteiger partial charge on any atom is -0.289 e. The van der Waals surface area contributed by atoms with Crippen LogP contribution in [0, 0.1) is 11.6 Å². The number of ketones is 1. The Kier molecular flexibility index (Phi) is 3.20. The number of benzene rings is 2. The quantitative estimate of drug-likeness (QED) is 0.742. The lowest BCUT2D eigenvalue weighted by Crippen LogP contribution is -2.02. The average molecular weight is 253 g/mol. The molecule has 17 heavy (non-hydrogen) atoms. The van der Waals surface area contributed by atoms with E-state index in [0.717, 1.165) is 18.2 Å². The molecular formula is C13H7ClF2O. The minimum atomic E-state index is -0.782. The molecule has 2 aromatic rings. The predicted octanol–water partition coefficient (Wildman–Crippen LogP) is 3.85. The molecule has 0 amide bonds. The van der Waals surface area contributed by atoms with Gasteiger partial charge in [0.15, 0.2) is 5.78 Å². The monoisotopic (exact) mass is 252 g/mol. The van der Waals surface area contributed by atoms with E-state index in [1.54, 1.807) is 12.1 Å². The molecule has 0 bridgehead atoms. The molecule has 0 aliphatic heterocycles. The van der Waals surface area contributed by atoms with Crippen LogP contribution in [0.4, 0.5) is 8.78 Å². The molecule has 0 aliphatic carbocycles. The van der Waals surface area contributed by atoms with Crippen LogP contribution in [-0.4, -0.2) is 5.78 Å². The number of rotatable bonds is 2. The molecule has 0 spiro atoms. The van der Waals surface area contributed by atoms with Gasteiger partial charge >= 0.3 is 0 Å². The molecule has 2 rings (SSSR count). The van der Waals surface area contributed by atoms with Crippen molar-refractivity contribution >= 4 is 17.4 Å². The second-order valence-corrected chi connectivity index (χ2v) is 3.93. The molecule has 0 N–H and O–H groups in total. The van der Waals surface area contributed by atoms with Crippen molar-refractivity contribution < 1.29 is 13.6 Å². The third-order valence-corrected chi connectivity index (χ3v) is 2.45.